The lowest BCUT2D eigenvalue weighted by Crippen LogP contribution is -2.48. The summed E-state index contributed by atoms with van der Waals surface area (Å²) < 4.78 is 0.999. The van der Waals surface area contributed by atoms with Gasteiger partial charge in [0, 0.05) is 36.2 Å². The molecule has 1 unspecified atom stereocenters. The van der Waals surface area contributed by atoms with Gasteiger partial charge in [-0.25, -0.2) is 0 Å². The number of piperazine rings is 1. The van der Waals surface area contributed by atoms with Crippen LogP contribution in [-0.2, 0) is 0 Å². The molecule has 0 spiro atoms. The smallest absolute Gasteiger partial charge is 0.257 e. The summed E-state index contributed by atoms with van der Waals surface area (Å²) in [7, 11) is 0. The summed E-state index contributed by atoms with van der Waals surface area (Å²) in [5, 5.41) is 22.9. The zero-order chi connectivity index (χ0) is 17.3. The maximum atomic E-state index is 12.7. The summed E-state index contributed by atoms with van der Waals surface area (Å²) in [5.41, 5.74) is 1.18. The second-order valence-electron chi connectivity index (χ2n) is 5.63. The number of hydrogen-bond donors (Lipinski definition) is 3. The third-order valence-electron chi connectivity index (χ3n) is 4.03. The number of carbonyl (C=O) groups is 1. The van der Waals surface area contributed by atoms with Gasteiger partial charge in [-0.05, 0) is 23.8 Å². The van der Waals surface area contributed by atoms with Crippen LogP contribution in [0.3, 0.4) is 0 Å². The summed E-state index contributed by atoms with van der Waals surface area (Å²) in [6.45, 7) is 1.67. The molecule has 0 saturated carbocycles. The molecular weight excluding hydrogens is 396 g/mol. The molecule has 1 atom stereocenters. The van der Waals surface area contributed by atoms with E-state index in [1.807, 2.05) is 24.3 Å². The number of hydrogen-bond acceptors (Lipinski definition) is 4. The highest BCUT2D eigenvalue weighted by atomic mass is 79.9. The van der Waals surface area contributed by atoms with Crippen LogP contribution in [0.4, 0.5) is 0 Å². The topological polar surface area (TPSA) is 72.8 Å². The third-order valence-corrected chi connectivity index (χ3v) is 4.86. The van der Waals surface area contributed by atoms with Crippen molar-refractivity contribution in [3.8, 4) is 11.5 Å². The third kappa shape index (κ3) is 3.50. The minimum absolute atomic E-state index is 0.0190. The number of nitrogens with zero attached hydrogens (tertiary/aromatic N) is 1. The lowest BCUT2D eigenvalue weighted by Gasteiger charge is -2.34. The highest BCUT2D eigenvalue weighted by molar-refractivity contribution is 9.10. The van der Waals surface area contributed by atoms with Gasteiger partial charge >= 0.3 is 0 Å². The van der Waals surface area contributed by atoms with Gasteiger partial charge in [0.05, 0.1) is 10.6 Å². The lowest BCUT2D eigenvalue weighted by molar-refractivity contribution is 0.0700. The van der Waals surface area contributed by atoms with E-state index in [-0.39, 0.29) is 34.0 Å². The fourth-order valence-electron chi connectivity index (χ4n) is 2.75. The van der Waals surface area contributed by atoms with Gasteiger partial charge in [0.2, 0.25) is 0 Å². The van der Waals surface area contributed by atoms with Crippen molar-refractivity contribution >= 4 is 33.4 Å². The molecule has 1 aliphatic heterocycles. The van der Waals surface area contributed by atoms with Gasteiger partial charge in [-0.2, -0.15) is 0 Å². The van der Waals surface area contributed by atoms with Gasteiger partial charge in [-0.1, -0.05) is 39.7 Å². The zero-order valence-electron chi connectivity index (χ0n) is 12.7. The average Bonchev–Trinajstić information content (AvgIpc) is 2.58. The Morgan fingerprint density at radius 2 is 1.92 bits per heavy atom. The first-order valence-corrected chi connectivity index (χ1v) is 8.62. The summed E-state index contributed by atoms with van der Waals surface area (Å²) in [6.07, 6.45) is 0. The number of carbonyl (C=O) groups excluding carboxylic acids is 1. The van der Waals surface area contributed by atoms with Crippen molar-refractivity contribution in [3.05, 3.63) is 57.0 Å². The van der Waals surface area contributed by atoms with Gasteiger partial charge in [-0.15, -0.1) is 0 Å². The van der Waals surface area contributed by atoms with Crippen LogP contribution >= 0.6 is 27.5 Å². The standard InChI is InChI=1S/C17H16BrClN2O3/c18-11-3-1-10(2-4-11)14-9-21(6-5-20-14)17(24)12-7-13(19)16(23)8-15(12)22/h1-4,7-8,14,20,22-23H,5-6,9H2. The molecule has 3 rings (SSSR count). The van der Waals surface area contributed by atoms with Crippen LogP contribution in [0, 0.1) is 0 Å². The van der Waals surface area contributed by atoms with Crippen molar-refractivity contribution < 1.29 is 15.0 Å². The Bertz CT molecular complexity index is 767. The van der Waals surface area contributed by atoms with Crippen LogP contribution < -0.4 is 5.32 Å². The van der Waals surface area contributed by atoms with E-state index in [1.165, 1.54) is 6.07 Å². The molecular formula is C17H16BrClN2O3. The molecule has 0 radical (unpaired) electrons. The maximum Gasteiger partial charge on any atom is 0.257 e. The predicted molar refractivity (Wildman–Crippen MR) is 95.6 cm³/mol. The number of rotatable bonds is 2. The molecule has 126 valence electrons. The van der Waals surface area contributed by atoms with Crippen LogP contribution in [0.25, 0.3) is 0 Å². The molecule has 0 aliphatic carbocycles. The summed E-state index contributed by atoms with van der Waals surface area (Å²) in [6, 6.07) is 10.3. The molecule has 2 aromatic rings. The number of halogens is 2. The molecule has 1 saturated heterocycles. The van der Waals surface area contributed by atoms with Gasteiger partial charge in [0.1, 0.15) is 11.5 Å². The minimum atomic E-state index is -0.307. The second kappa shape index (κ2) is 7.01. The number of nitrogens with one attached hydrogen (secondary N) is 1. The SMILES string of the molecule is O=C(c1cc(Cl)c(O)cc1O)N1CCNC(c2ccc(Br)cc2)C1. The molecule has 24 heavy (non-hydrogen) atoms. The van der Waals surface area contributed by atoms with Crippen molar-refractivity contribution in [1.82, 2.24) is 10.2 Å². The first kappa shape index (κ1) is 17.1. The highest BCUT2D eigenvalue weighted by Gasteiger charge is 2.27. The Kier molecular flexibility index (Phi) is 4.99. The van der Waals surface area contributed by atoms with Crippen molar-refractivity contribution in [2.75, 3.05) is 19.6 Å². The van der Waals surface area contributed by atoms with Crippen molar-refractivity contribution in [3.63, 3.8) is 0 Å². The number of phenols is 2. The molecule has 0 aromatic heterocycles. The first-order chi connectivity index (χ1) is 11.5. The van der Waals surface area contributed by atoms with Gasteiger partial charge in [0.15, 0.2) is 0 Å². The normalized spacial score (nSPS) is 17.8. The highest BCUT2D eigenvalue weighted by Crippen LogP contribution is 2.32. The van der Waals surface area contributed by atoms with Gasteiger partial charge in [-0.3, -0.25) is 4.79 Å². The van der Waals surface area contributed by atoms with E-state index < -0.39 is 0 Å². The maximum absolute atomic E-state index is 12.7. The predicted octanol–water partition coefficient (Wildman–Crippen LogP) is 3.30. The van der Waals surface area contributed by atoms with E-state index in [4.69, 9.17) is 11.6 Å². The molecule has 1 aliphatic rings. The van der Waals surface area contributed by atoms with Crippen molar-refractivity contribution in [2.24, 2.45) is 0 Å². The fraction of sp³-hybridized carbons (Fsp3) is 0.235. The lowest BCUT2D eigenvalue weighted by atomic mass is 10.0. The van der Waals surface area contributed by atoms with Crippen LogP contribution in [-0.4, -0.2) is 40.7 Å². The summed E-state index contributed by atoms with van der Waals surface area (Å²) in [4.78, 5) is 14.4. The molecule has 1 amide bonds. The largest absolute Gasteiger partial charge is 0.507 e. The number of amides is 1. The molecule has 3 N–H and O–H groups in total. The van der Waals surface area contributed by atoms with E-state index >= 15 is 0 Å². The van der Waals surface area contributed by atoms with E-state index in [9.17, 15) is 15.0 Å². The molecule has 0 bridgehead atoms. The van der Waals surface area contributed by atoms with E-state index in [0.717, 1.165) is 16.1 Å². The Hall–Kier alpha value is -1.76. The Labute approximate surface area is 153 Å². The second-order valence-corrected chi connectivity index (χ2v) is 6.95. The number of phenolic OH excluding ortho intramolecular Hbond substituents is 2. The monoisotopic (exact) mass is 410 g/mol. The molecule has 7 heteroatoms. The Morgan fingerprint density at radius 3 is 2.62 bits per heavy atom. The Morgan fingerprint density at radius 1 is 1.21 bits per heavy atom. The molecule has 2 aromatic carbocycles. The average molecular weight is 412 g/mol. The number of benzene rings is 2. The zero-order valence-corrected chi connectivity index (χ0v) is 15.0. The van der Waals surface area contributed by atoms with Gasteiger partial charge in [0.25, 0.3) is 5.91 Å². The van der Waals surface area contributed by atoms with Crippen LogP contribution in [0.15, 0.2) is 40.9 Å². The van der Waals surface area contributed by atoms with Crippen LogP contribution in [0.5, 0.6) is 11.5 Å². The van der Waals surface area contributed by atoms with Gasteiger partial charge < -0.3 is 20.4 Å². The van der Waals surface area contributed by atoms with Crippen LogP contribution in [0.1, 0.15) is 22.0 Å². The quantitative estimate of drug-likeness (QED) is 0.709. The molecule has 1 heterocycles. The number of aromatic hydroxyl groups is 2. The van der Waals surface area contributed by atoms with Crippen molar-refractivity contribution in [2.45, 2.75) is 6.04 Å². The van der Waals surface area contributed by atoms with E-state index in [2.05, 4.69) is 21.2 Å². The fourth-order valence-corrected chi connectivity index (χ4v) is 3.17. The van der Waals surface area contributed by atoms with E-state index in [0.29, 0.717) is 19.6 Å². The van der Waals surface area contributed by atoms with Crippen LogP contribution in [0.2, 0.25) is 5.02 Å². The molecule has 5 nitrogen and oxygen atoms in total. The first-order valence-electron chi connectivity index (χ1n) is 7.45. The summed E-state index contributed by atoms with van der Waals surface area (Å²) >= 11 is 9.27. The molecule has 1 fully saturated rings. The summed E-state index contributed by atoms with van der Waals surface area (Å²) in [5.74, 6) is -0.836. The van der Waals surface area contributed by atoms with Crippen molar-refractivity contribution in [1.29, 1.82) is 0 Å². The van der Waals surface area contributed by atoms with E-state index in [1.54, 1.807) is 4.90 Å². The minimum Gasteiger partial charge on any atom is -0.507 e. The Balaban J connectivity index is 1.80.